The van der Waals surface area contributed by atoms with E-state index in [9.17, 15) is 20.1 Å². The molecule has 1 saturated heterocycles. The van der Waals surface area contributed by atoms with Crippen molar-refractivity contribution in [2.45, 2.75) is 37.6 Å². The Morgan fingerprint density at radius 3 is 2.52 bits per heavy atom. The SMILES string of the molecule is CCOC(=O)c1ccccc1O[C@@H]1O[C@H](CO)[C@H](O)[C@H](O)[C@H]1O. The molecule has 0 bridgehead atoms. The van der Waals surface area contributed by atoms with Crippen molar-refractivity contribution in [2.24, 2.45) is 0 Å². The number of esters is 1. The van der Waals surface area contributed by atoms with E-state index in [-0.39, 0.29) is 17.9 Å². The molecule has 0 spiro atoms. The predicted molar refractivity (Wildman–Crippen MR) is 76.8 cm³/mol. The molecule has 5 atom stereocenters. The third kappa shape index (κ3) is 3.80. The summed E-state index contributed by atoms with van der Waals surface area (Å²) in [7, 11) is 0. The summed E-state index contributed by atoms with van der Waals surface area (Å²) in [5, 5.41) is 38.6. The predicted octanol–water partition coefficient (Wildman–Crippen LogP) is -0.958. The number of para-hydroxylation sites is 1. The van der Waals surface area contributed by atoms with E-state index in [0.717, 1.165) is 0 Å². The lowest BCUT2D eigenvalue weighted by atomic mass is 9.99. The minimum Gasteiger partial charge on any atom is -0.462 e. The number of aliphatic hydroxyl groups excluding tert-OH is 4. The molecule has 0 radical (unpaired) electrons. The van der Waals surface area contributed by atoms with Crippen LogP contribution >= 0.6 is 0 Å². The number of hydrogen-bond donors (Lipinski definition) is 4. The highest BCUT2D eigenvalue weighted by Gasteiger charge is 2.45. The Morgan fingerprint density at radius 2 is 1.87 bits per heavy atom. The van der Waals surface area contributed by atoms with Gasteiger partial charge in [0.05, 0.1) is 13.2 Å². The van der Waals surface area contributed by atoms with Crippen molar-refractivity contribution in [3.8, 4) is 5.75 Å². The Labute approximate surface area is 132 Å². The molecule has 4 N–H and O–H groups in total. The molecule has 1 aromatic carbocycles. The average molecular weight is 328 g/mol. The Morgan fingerprint density at radius 1 is 1.17 bits per heavy atom. The fourth-order valence-corrected chi connectivity index (χ4v) is 2.24. The van der Waals surface area contributed by atoms with Gasteiger partial charge in [-0.2, -0.15) is 0 Å². The van der Waals surface area contributed by atoms with E-state index < -0.39 is 43.3 Å². The minimum atomic E-state index is -1.55. The van der Waals surface area contributed by atoms with Crippen LogP contribution in [-0.2, 0) is 9.47 Å². The fourth-order valence-electron chi connectivity index (χ4n) is 2.24. The third-order valence-electron chi connectivity index (χ3n) is 3.47. The molecule has 2 rings (SSSR count). The first-order chi connectivity index (χ1) is 11.0. The molecule has 1 aromatic rings. The molecule has 8 nitrogen and oxygen atoms in total. The van der Waals surface area contributed by atoms with E-state index in [1.54, 1.807) is 19.1 Å². The highest BCUT2D eigenvalue weighted by Crippen LogP contribution is 2.26. The molecule has 0 aliphatic carbocycles. The first kappa shape index (κ1) is 17.6. The van der Waals surface area contributed by atoms with Crippen LogP contribution in [0.15, 0.2) is 24.3 Å². The van der Waals surface area contributed by atoms with Crippen LogP contribution in [0.5, 0.6) is 5.75 Å². The molecule has 0 aromatic heterocycles. The monoisotopic (exact) mass is 328 g/mol. The van der Waals surface area contributed by atoms with Crippen molar-refractivity contribution in [3.05, 3.63) is 29.8 Å². The molecule has 1 aliphatic heterocycles. The van der Waals surface area contributed by atoms with Crippen LogP contribution in [0.2, 0.25) is 0 Å². The Bertz CT molecular complexity index is 532. The quantitative estimate of drug-likeness (QED) is 0.509. The summed E-state index contributed by atoms with van der Waals surface area (Å²) in [5.74, 6) is -0.511. The van der Waals surface area contributed by atoms with Crippen LogP contribution in [0.1, 0.15) is 17.3 Å². The standard InChI is InChI=1S/C15H20O8/c1-2-21-14(20)8-5-3-4-6-9(8)22-15-13(19)12(18)11(17)10(7-16)23-15/h3-6,10-13,15-19H,2,7H2,1H3/t10-,11+,12+,13-,15-/m1/s1. The number of ether oxygens (including phenoxy) is 3. The zero-order valence-corrected chi connectivity index (χ0v) is 12.5. The fraction of sp³-hybridized carbons (Fsp3) is 0.533. The molecule has 1 heterocycles. The lowest BCUT2D eigenvalue weighted by Gasteiger charge is -2.39. The average Bonchev–Trinajstić information content (AvgIpc) is 2.56. The molecule has 128 valence electrons. The molecular formula is C15H20O8. The maximum absolute atomic E-state index is 11.9. The maximum atomic E-state index is 11.9. The van der Waals surface area contributed by atoms with Gasteiger partial charge in [-0.05, 0) is 19.1 Å². The van der Waals surface area contributed by atoms with E-state index in [1.807, 2.05) is 0 Å². The number of rotatable bonds is 5. The summed E-state index contributed by atoms with van der Waals surface area (Å²) in [5.41, 5.74) is 0.131. The van der Waals surface area contributed by atoms with E-state index in [1.165, 1.54) is 12.1 Å². The van der Waals surface area contributed by atoms with E-state index >= 15 is 0 Å². The molecule has 23 heavy (non-hydrogen) atoms. The van der Waals surface area contributed by atoms with Crippen LogP contribution in [0, 0.1) is 0 Å². The highest BCUT2D eigenvalue weighted by molar-refractivity contribution is 5.92. The minimum absolute atomic E-state index is 0.0929. The number of carbonyl (C=O) groups excluding carboxylic acids is 1. The molecule has 1 aliphatic rings. The normalized spacial score (nSPS) is 30.7. The largest absolute Gasteiger partial charge is 0.462 e. The van der Waals surface area contributed by atoms with E-state index in [4.69, 9.17) is 19.3 Å². The summed E-state index contributed by atoms with van der Waals surface area (Å²) >= 11 is 0. The Balaban J connectivity index is 2.19. The summed E-state index contributed by atoms with van der Waals surface area (Å²) in [4.78, 5) is 11.9. The van der Waals surface area contributed by atoms with Gasteiger partial charge in [0.15, 0.2) is 0 Å². The van der Waals surface area contributed by atoms with Gasteiger partial charge in [0.1, 0.15) is 35.7 Å². The molecule has 0 unspecified atom stereocenters. The number of benzene rings is 1. The van der Waals surface area contributed by atoms with Crippen molar-refractivity contribution in [1.82, 2.24) is 0 Å². The number of carbonyl (C=O) groups is 1. The van der Waals surface area contributed by atoms with Gasteiger partial charge in [-0.3, -0.25) is 0 Å². The van der Waals surface area contributed by atoms with Crippen molar-refractivity contribution >= 4 is 5.97 Å². The van der Waals surface area contributed by atoms with Crippen LogP contribution in [0.4, 0.5) is 0 Å². The van der Waals surface area contributed by atoms with E-state index in [2.05, 4.69) is 0 Å². The lowest BCUT2D eigenvalue weighted by Crippen LogP contribution is -2.60. The van der Waals surface area contributed by atoms with Crippen LogP contribution in [-0.4, -0.2) is 70.3 Å². The van der Waals surface area contributed by atoms with Gasteiger partial charge in [0.25, 0.3) is 0 Å². The molecule has 0 saturated carbocycles. The highest BCUT2D eigenvalue weighted by atomic mass is 16.7. The Kier molecular flexibility index (Phi) is 5.91. The van der Waals surface area contributed by atoms with Gasteiger partial charge in [-0.15, -0.1) is 0 Å². The summed E-state index contributed by atoms with van der Waals surface area (Å²) in [6, 6.07) is 6.19. The molecular weight excluding hydrogens is 308 g/mol. The molecule has 0 amide bonds. The zero-order chi connectivity index (χ0) is 17.0. The van der Waals surface area contributed by atoms with Crippen molar-refractivity contribution in [1.29, 1.82) is 0 Å². The van der Waals surface area contributed by atoms with Gasteiger partial charge >= 0.3 is 5.97 Å². The summed E-state index contributed by atoms with van der Waals surface area (Å²) in [6.45, 7) is 1.29. The first-order valence-corrected chi connectivity index (χ1v) is 7.23. The smallest absolute Gasteiger partial charge is 0.341 e. The maximum Gasteiger partial charge on any atom is 0.341 e. The summed E-state index contributed by atoms with van der Waals surface area (Å²) < 4.78 is 15.6. The van der Waals surface area contributed by atoms with Gasteiger partial charge in [-0.1, -0.05) is 12.1 Å². The summed E-state index contributed by atoms with van der Waals surface area (Å²) in [6.07, 6.45) is -7.03. The topological polar surface area (TPSA) is 126 Å². The molecule has 8 heteroatoms. The van der Waals surface area contributed by atoms with Gasteiger partial charge in [0, 0.05) is 0 Å². The van der Waals surface area contributed by atoms with Gasteiger partial charge in [-0.25, -0.2) is 4.79 Å². The lowest BCUT2D eigenvalue weighted by molar-refractivity contribution is -0.277. The number of aliphatic hydroxyl groups is 4. The second-order valence-corrected chi connectivity index (χ2v) is 5.03. The zero-order valence-electron chi connectivity index (χ0n) is 12.5. The second kappa shape index (κ2) is 7.71. The first-order valence-electron chi connectivity index (χ1n) is 7.23. The molecule has 1 fully saturated rings. The van der Waals surface area contributed by atoms with Crippen LogP contribution in [0.3, 0.4) is 0 Å². The van der Waals surface area contributed by atoms with Gasteiger partial charge < -0.3 is 34.6 Å². The van der Waals surface area contributed by atoms with Crippen LogP contribution in [0.25, 0.3) is 0 Å². The Hall–Kier alpha value is -1.71. The van der Waals surface area contributed by atoms with Crippen molar-refractivity contribution in [2.75, 3.05) is 13.2 Å². The van der Waals surface area contributed by atoms with E-state index in [0.29, 0.717) is 0 Å². The third-order valence-corrected chi connectivity index (χ3v) is 3.47. The van der Waals surface area contributed by atoms with Crippen LogP contribution < -0.4 is 4.74 Å². The number of hydrogen-bond acceptors (Lipinski definition) is 8. The van der Waals surface area contributed by atoms with Gasteiger partial charge in [0.2, 0.25) is 6.29 Å². The van der Waals surface area contributed by atoms with Crippen molar-refractivity contribution in [3.63, 3.8) is 0 Å². The second-order valence-electron chi connectivity index (χ2n) is 5.03. The van der Waals surface area contributed by atoms with Crippen molar-refractivity contribution < 1.29 is 39.4 Å².